The summed E-state index contributed by atoms with van der Waals surface area (Å²) in [6.07, 6.45) is 3.20. The number of benzene rings is 1. The average Bonchev–Trinajstić information content (AvgIpc) is 3.00. The Bertz CT molecular complexity index is 915. The van der Waals surface area contributed by atoms with Crippen LogP contribution in [0.3, 0.4) is 0 Å². The fourth-order valence-electron chi connectivity index (χ4n) is 2.17. The van der Waals surface area contributed by atoms with Crippen LogP contribution in [-0.2, 0) is 0 Å². The predicted molar refractivity (Wildman–Crippen MR) is 88.4 cm³/mol. The lowest BCUT2D eigenvalue weighted by Crippen LogP contribution is -1.96. The molecule has 0 aliphatic rings. The van der Waals surface area contributed by atoms with Crippen LogP contribution in [0.25, 0.3) is 11.3 Å². The molecule has 0 spiro atoms. The van der Waals surface area contributed by atoms with Crippen LogP contribution in [-0.4, -0.2) is 29.4 Å². The molecule has 0 aliphatic heterocycles. The van der Waals surface area contributed by atoms with E-state index < -0.39 is 0 Å². The van der Waals surface area contributed by atoms with E-state index in [1.807, 2.05) is 0 Å². The number of rotatable bonds is 5. The van der Waals surface area contributed by atoms with Gasteiger partial charge >= 0.3 is 0 Å². The van der Waals surface area contributed by atoms with Crippen molar-refractivity contribution in [2.75, 3.05) is 14.2 Å². The van der Waals surface area contributed by atoms with E-state index in [9.17, 15) is 4.79 Å². The number of nitrogens with zero attached hydrogens (tertiary/aromatic N) is 3. The van der Waals surface area contributed by atoms with Crippen molar-refractivity contribution >= 4 is 11.4 Å². The summed E-state index contributed by atoms with van der Waals surface area (Å²) in [6, 6.07) is 8.69. The molecule has 0 radical (unpaired) electrons. The van der Waals surface area contributed by atoms with E-state index in [1.54, 1.807) is 56.9 Å². The first-order valence-electron chi connectivity index (χ1n) is 7.07. The SMILES string of the molecule is COc1ccc(-c2[nH][nH]c(=O)c2N=Nc2ccncc2)cc1OC. The highest BCUT2D eigenvalue weighted by Gasteiger charge is 2.14. The number of aromatic amines is 2. The lowest BCUT2D eigenvalue weighted by Gasteiger charge is -2.08. The standard InChI is InChI=1S/C16H15N5O3/c1-23-12-4-3-10(9-13(12)24-2)14-15(16(22)21-19-14)20-18-11-5-7-17-8-6-11/h3-9H,1-2H3,(H2,19,21,22). The second-order valence-electron chi connectivity index (χ2n) is 4.78. The van der Waals surface area contributed by atoms with Gasteiger partial charge in [-0.3, -0.25) is 20.0 Å². The molecule has 8 heteroatoms. The van der Waals surface area contributed by atoms with Crippen molar-refractivity contribution in [2.24, 2.45) is 10.2 Å². The van der Waals surface area contributed by atoms with Crippen molar-refractivity contribution in [3.8, 4) is 22.8 Å². The molecule has 0 aliphatic carbocycles. The topological polar surface area (TPSA) is 105 Å². The van der Waals surface area contributed by atoms with Gasteiger partial charge in [0.15, 0.2) is 17.2 Å². The summed E-state index contributed by atoms with van der Waals surface area (Å²) in [7, 11) is 3.11. The minimum atomic E-state index is -0.363. The summed E-state index contributed by atoms with van der Waals surface area (Å²) < 4.78 is 10.5. The third kappa shape index (κ3) is 3.02. The van der Waals surface area contributed by atoms with Gasteiger partial charge in [0, 0.05) is 18.0 Å². The maximum absolute atomic E-state index is 12.0. The fourth-order valence-corrected chi connectivity index (χ4v) is 2.17. The summed E-state index contributed by atoms with van der Waals surface area (Å²) in [5.41, 5.74) is 1.65. The lowest BCUT2D eigenvalue weighted by molar-refractivity contribution is 0.355. The molecule has 0 atom stereocenters. The predicted octanol–water partition coefficient (Wildman–Crippen LogP) is 3.20. The van der Waals surface area contributed by atoms with Crippen LogP contribution in [0.4, 0.5) is 11.4 Å². The van der Waals surface area contributed by atoms with Crippen molar-refractivity contribution in [1.29, 1.82) is 0 Å². The molecule has 3 aromatic rings. The fraction of sp³-hybridized carbons (Fsp3) is 0.125. The lowest BCUT2D eigenvalue weighted by atomic mass is 10.1. The van der Waals surface area contributed by atoms with Crippen molar-refractivity contribution in [3.05, 3.63) is 53.1 Å². The molecule has 0 saturated heterocycles. The van der Waals surface area contributed by atoms with Crippen LogP contribution in [0.1, 0.15) is 0 Å². The van der Waals surface area contributed by atoms with Crippen LogP contribution in [0.15, 0.2) is 57.7 Å². The number of H-pyrrole nitrogens is 2. The van der Waals surface area contributed by atoms with E-state index in [2.05, 4.69) is 25.4 Å². The molecule has 2 N–H and O–H groups in total. The highest BCUT2D eigenvalue weighted by Crippen LogP contribution is 2.34. The van der Waals surface area contributed by atoms with Gasteiger partial charge in [-0.25, -0.2) is 0 Å². The zero-order valence-corrected chi connectivity index (χ0v) is 13.1. The molecule has 0 fully saturated rings. The molecule has 24 heavy (non-hydrogen) atoms. The Kier molecular flexibility index (Phi) is 4.37. The molecular formula is C16H15N5O3. The van der Waals surface area contributed by atoms with Gasteiger partial charge in [0.1, 0.15) is 0 Å². The van der Waals surface area contributed by atoms with Crippen molar-refractivity contribution in [1.82, 2.24) is 15.2 Å². The molecule has 122 valence electrons. The van der Waals surface area contributed by atoms with Crippen molar-refractivity contribution in [3.63, 3.8) is 0 Å². The van der Waals surface area contributed by atoms with E-state index in [0.29, 0.717) is 22.9 Å². The first kappa shape index (κ1) is 15.5. The Hall–Kier alpha value is -3.42. The summed E-state index contributed by atoms with van der Waals surface area (Å²) in [6.45, 7) is 0. The Labute approximate surface area is 137 Å². The van der Waals surface area contributed by atoms with Crippen LogP contribution in [0.2, 0.25) is 0 Å². The second kappa shape index (κ2) is 6.78. The van der Waals surface area contributed by atoms with Crippen LogP contribution in [0.5, 0.6) is 11.5 Å². The number of pyridine rings is 1. The summed E-state index contributed by atoms with van der Waals surface area (Å²) >= 11 is 0. The maximum atomic E-state index is 12.0. The van der Waals surface area contributed by atoms with Crippen molar-refractivity contribution < 1.29 is 9.47 Å². The Morgan fingerprint density at radius 1 is 0.958 bits per heavy atom. The third-order valence-corrected chi connectivity index (χ3v) is 3.35. The number of nitrogens with one attached hydrogen (secondary N) is 2. The van der Waals surface area contributed by atoms with E-state index in [4.69, 9.17) is 9.47 Å². The van der Waals surface area contributed by atoms with Crippen molar-refractivity contribution in [2.45, 2.75) is 0 Å². The average molecular weight is 325 g/mol. The second-order valence-corrected chi connectivity index (χ2v) is 4.78. The minimum Gasteiger partial charge on any atom is -0.493 e. The summed E-state index contributed by atoms with van der Waals surface area (Å²) in [5.74, 6) is 1.15. The molecule has 0 saturated carbocycles. The van der Waals surface area contributed by atoms with Gasteiger partial charge in [0.2, 0.25) is 0 Å². The highest BCUT2D eigenvalue weighted by molar-refractivity contribution is 5.73. The molecule has 0 unspecified atom stereocenters. The van der Waals surface area contributed by atoms with Gasteiger partial charge in [-0.2, -0.15) is 5.11 Å². The minimum absolute atomic E-state index is 0.180. The third-order valence-electron chi connectivity index (χ3n) is 3.35. The van der Waals surface area contributed by atoms with Gasteiger partial charge < -0.3 is 9.47 Å². The van der Waals surface area contributed by atoms with E-state index >= 15 is 0 Å². The number of azo groups is 1. The number of hydrogen-bond donors (Lipinski definition) is 2. The van der Waals surface area contributed by atoms with Crippen LogP contribution < -0.4 is 15.0 Å². The van der Waals surface area contributed by atoms with Gasteiger partial charge in [0.25, 0.3) is 5.56 Å². The monoisotopic (exact) mass is 325 g/mol. The summed E-state index contributed by atoms with van der Waals surface area (Å²) in [5, 5.41) is 13.5. The number of aromatic nitrogens is 3. The van der Waals surface area contributed by atoms with Crippen LogP contribution in [0, 0.1) is 0 Å². The van der Waals surface area contributed by atoms with Gasteiger partial charge in [0.05, 0.1) is 25.6 Å². The van der Waals surface area contributed by atoms with Gasteiger partial charge in [-0.05, 0) is 30.3 Å². The van der Waals surface area contributed by atoms with Crippen LogP contribution >= 0.6 is 0 Å². The molecular weight excluding hydrogens is 310 g/mol. The van der Waals surface area contributed by atoms with E-state index in [0.717, 1.165) is 5.56 Å². The molecule has 8 nitrogen and oxygen atoms in total. The highest BCUT2D eigenvalue weighted by atomic mass is 16.5. The molecule has 0 amide bonds. The number of ether oxygens (including phenoxy) is 2. The molecule has 2 heterocycles. The van der Waals surface area contributed by atoms with E-state index in [-0.39, 0.29) is 11.2 Å². The smallest absolute Gasteiger partial charge is 0.292 e. The van der Waals surface area contributed by atoms with E-state index in [1.165, 1.54) is 0 Å². The van der Waals surface area contributed by atoms with Gasteiger partial charge in [-0.15, -0.1) is 5.11 Å². The zero-order chi connectivity index (χ0) is 16.9. The Morgan fingerprint density at radius 3 is 2.42 bits per heavy atom. The molecule has 2 aromatic heterocycles. The maximum Gasteiger partial charge on any atom is 0.292 e. The largest absolute Gasteiger partial charge is 0.493 e. The number of hydrogen-bond acceptors (Lipinski definition) is 6. The Morgan fingerprint density at radius 2 is 1.71 bits per heavy atom. The Balaban J connectivity index is 2.02. The zero-order valence-electron chi connectivity index (χ0n) is 13.1. The quantitative estimate of drug-likeness (QED) is 0.703. The summed E-state index contributed by atoms with van der Waals surface area (Å²) in [4.78, 5) is 15.9. The van der Waals surface area contributed by atoms with Gasteiger partial charge in [-0.1, -0.05) is 0 Å². The molecule has 0 bridgehead atoms. The number of methoxy groups -OCH3 is 2. The first-order valence-corrected chi connectivity index (χ1v) is 7.07. The first-order chi connectivity index (χ1) is 11.7. The normalized spacial score (nSPS) is 10.9. The molecule has 3 rings (SSSR count). The molecule has 1 aromatic carbocycles.